The van der Waals surface area contributed by atoms with Gasteiger partial charge in [0.2, 0.25) is 5.91 Å². The summed E-state index contributed by atoms with van der Waals surface area (Å²) in [5.74, 6) is 0.577. The van der Waals surface area contributed by atoms with E-state index < -0.39 is 11.8 Å². The number of anilines is 2. The van der Waals surface area contributed by atoms with Crippen LogP contribution in [0.1, 0.15) is 12.0 Å². The molecule has 8 heteroatoms. The Morgan fingerprint density at radius 2 is 1.89 bits per heavy atom. The summed E-state index contributed by atoms with van der Waals surface area (Å²) in [5, 5.41) is 5.34. The first-order chi connectivity index (χ1) is 13.4. The predicted octanol–water partition coefficient (Wildman–Crippen LogP) is 3.08. The molecule has 2 N–H and O–H groups in total. The Balaban J connectivity index is 1.64. The number of methoxy groups -OCH3 is 2. The molecule has 28 heavy (non-hydrogen) atoms. The molecule has 0 radical (unpaired) electrons. The first-order valence-electron chi connectivity index (χ1n) is 8.77. The lowest BCUT2D eigenvalue weighted by molar-refractivity contribution is -0.117. The quantitative estimate of drug-likeness (QED) is 0.826. The number of hydrogen-bond donors (Lipinski definition) is 2. The normalized spacial score (nSPS) is 16.1. The highest BCUT2D eigenvalue weighted by Crippen LogP contribution is 2.33. The highest BCUT2D eigenvalue weighted by atomic mass is 19.1. The van der Waals surface area contributed by atoms with Gasteiger partial charge in [-0.15, -0.1) is 0 Å². The molecule has 0 saturated carbocycles. The van der Waals surface area contributed by atoms with Crippen molar-refractivity contribution in [3.05, 3.63) is 47.8 Å². The maximum Gasteiger partial charge on any atom is 0.319 e. The highest BCUT2D eigenvalue weighted by Gasteiger charge is 2.32. The van der Waals surface area contributed by atoms with Gasteiger partial charge in [-0.3, -0.25) is 4.79 Å². The Bertz CT molecular complexity index is 903. The third-order valence-electron chi connectivity index (χ3n) is 4.57. The van der Waals surface area contributed by atoms with Gasteiger partial charge in [0.15, 0.2) is 11.5 Å². The highest BCUT2D eigenvalue weighted by molar-refractivity contribution is 5.98. The van der Waals surface area contributed by atoms with Gasteiger partial charge in [0.05, 0.1) is 20.3 Å². The van der Waals surface area contributed by atoms with Crippen molar-refractivity contribution >= 4 is 23.3 Å². The number of ether oxygens (including phenoxy) is 2. The smallest absolute Gasteiger partial charge is 0.319 e. The maximum absolute atomic E-state index is 13.6. The third-order valence-corrected chi connectivity index (χ3v) is 4.57. The fraction of sp³-hybridized carbons (Fsp3) is 0.300. The number of halogens is 1. The SMILES string of the molecule is COc1ccc(N2C[C@H](NC(=O)Nc3ccc(C)c(F)c3)CC2=O)cc1OC. The van der Waals surface area contributed by atoms with E-state index in [0.717, 1.165) is 0 Å². The standard InChI is InChI=1S/C20H22FN3O4/c1-12-4-5-13(8-16(12)21)22-20(26)23-14-9-19(25)24(11-14)15-6-7-17(27-2)18(10-15)28-3/h4-8,10,14H,9,11H2,1-3H3,(H2,22,23,26)/t14-/m1/s1. The summed E-state index contributed by atoms with van der Waals surface area (Å²) >= 11 is 0. The summed E-state index contributed by atoms with van der Waals surface area (Å²) in [6.07, 6.45) is 0.171. The lowest BCUT2D eigenvalue weighted by Gasteiger charge is -2.19. The number of nitrogens with zero attached hydrogens (tertiary/aromatic N) is 1. The summed E-state index contributed by atoms with van der Waals surface area (Å²) in [7, 11) is 3.06. The van der Waals surface area contributed by atoms with Crippen LogP contribution in [0.25, 0.3) is 0 Å². The van der Waals surface area contributed by atoms with Crippen molar-refractivity contribution < 1.29 is 23.5 Å². The van der Waals surface area contributed by atoms with Crippen LogP contribution in [0.15, 0.2) is 36.4 Å². The first-order valence-corrected chi connectivity index (χ1v) is 8.77. The molecule has 2 aromatic rings. The van der Waals surface area contributed by atoms with E-state index >= 15 is 0 Å². The van der Waals surface area contributed by atoms with Crippen LogP contribution < -0.4 is 25.0 Å². The summed E-state index contributed by atoms with van der Waals surface area (Å²) < 4.78 is 24.1. The van der Waals surface area contributed by atoms with E-state index in [9.17, 15) is 14.0 Å². The molecule has 0 bridgehead atoms. The van der Waals surface area contributed by atoms with Crippen molar-refractivity contribution in [3.63, 3.8) is 0 Å². The van der Waals surface area contributed by atoms with E-state index in [-0.39, 0.29) is 18.4 Å². The van der Waals surface area contributed by atoms with Crippen LogP contribution in [-0.2, 0) is 4.79 Å². The van der Waals surface area contributed by atoms with Crippen molar-refractivity contribution in [3.8, 4) is 11.5 Å². The maximum atomic E-state index is 13.6. The number of urea groups is 1. The van der Waals surface area contributed by atoms with E-state index in [1.54, 1.807) is 42.2 Å². The molecule has 1 aliphatic heterocycles. The molecule has 1 atom stereocenters. The van der Waals surface area contributed by atoms with Crippen LogP contribution in [0.2, 0.25) is 0 Å². The van der Waals surface area contributed by atoms with Gasteiger partial charge in [-0.25, -0.2) is 9.18 Å². The molecule has 2 aromatic carbocycles. The van der Waals surface area contributed by atoms with Gasteiger partial charge in [0.1, 0.15) is 5.82 Å². The molecule has 0 aromatic heterocycles. The Hall–Kier alpha value is -3.29. The van der Waals surface area contributed by atoms with E-state index in [2.05, 4.69) is 10.6 Å². The van der Waals surface area contributed by atoms with Crippen molar-refractivity contribution in [2.24, 2.45) is 0 Å². The molecule has 1 aliphatic rings. The van der Waals surface area contributed by atoms with Crippen molar-refractivity contribution in [1.82, 2.24) is 5.32 Å². The van der Waals surface area contributed by atoms with Crippen LogP contribution in [0, 0.1) is 12.7 Å². The van der Waals surface area contributed by atoms with Gasteiger partial charge >= 0.3 is 6.03 Å². The lowest BCUT2D eigenvalue weighted by atomic mass is 10.2. The van der Waals surface area contributed by atoms with Gasteiger partial charge in [-0.05, 0) is 36.8 Å². The van der Waals surface area contributed by atoms with Gasteiger partial charge in [0, 0.05) is 30.4 Å². The Kier molecular flexibility index (Phi) is 5.67. The number of nitrogens with one attached hydrogen (secondary N) is 2. The van der Waals surface area contributed by atoms with Crippen LogP contribution >= 0.6 is 0 Å². The molecule has 1 heterocycles. The summed E-state index contributed by atoms with van der Waals surface area (Å²) in [6.45, 7) is 1.97. The van der Waals surface area contributed by atoms with Crippen LogP contribution in [-0.4, -0.2) is 38.7 Å². The number of aryl methyl sites for hydroxylation is 1. The van der Waals surface area contributed by atoms with Crippen LogP contribution in [0.4, 0.5) is 20.6 Å². The minimum Gasteiger partial charge on any atom is -0.493 e. The number of carbonyl (C=O) groups excluding carboxylic acids is 2. The van der Waals surface area contributed by atoms with E-state index in [4.69, 9.17) is 9.47 Å². The molecule has 3 rings (SSSR count). The second kappa shape index (κ2) is 8.16. The predicted molar refractivity (Wildman–Crippen MR) is 104 cm³/mol. The van der Waals surface area contributed by atoms with Gasteiger partial charge in [0.25, 0.3) is 0 Å². The minimum absolute atomic E-state index is 0.112. The molecule has 1 fully saturated rings. The van der Waals surface area contributed by atoms with Crippen molar-refractivity contribution in [2.45, 2.75) is 19.4 Å². The van der Waals surface area contributed by atoms with E-state index in [1.165, 1.54) is 20.3 Å². The second-order valence-electron chi connectivity index (χ2n) is 6.51. The first kappa shape index (κ1) is 19.5. The fourth-order valence-electron chi connectivity index (χ4n) is 3.07. The molecule has 148 valence electrons. The summed E-state index contributed by atoms with van der Waals surface area (Å²) in [6, 6.07) is 8.80. The molecule has 0 spiro atoms. The number of benzene rings is 2. The zero-order chi connectivity index (χ0) is 20.3. The largest absolute Gasteiger partial charge is 0.493 e. The summed E-state index contributed by atoms with van der Waals surface area (Å²) in [5.41, 5.74) is 1.51. The van der Waals surface area contributed by atoms with Crippen molar-refractivity contribution in [2.75, 3.05) is 31.0 Å². The fourth-order valence-corrected chi connectivity index (χ4v) is 3.07. The average Bonchev–Trinajstić information content (AvgIpc) is 3.04. The Labute approximate surface area is 162 Å². The van der Waals surface area contributed by atoms with Crippen molar-refractivity contribution in [1.29, 1.82) is 0 Å². The number of carbonyl (C=O) groups is 2. The zero-order valence-electron chi connectivity index (χ0n) is 15.9. The van der Waals surface area contributed by atoms with Crippen LogP contribution in [0.5, 0.6) is 11.5 Å². The monoisotopic (exact) mass is 387 g/mol. The van der Waals surface area contributed by atoms with E-state index in [1.807, 2.05) is 0 Å². The zero-order valence-corrected chi connectivity index (χ0v) is 15.9. The van der Waals surface area contributed by atoms with E-state index in [0.29, 0.717) is 35.0 Å². The molecule has 1 saturated heterocycles. The van der Waals surface area contributed by atoms with Crippen LogP contribution in [0.3, 0.4) is 0 Å². The molecule has 7 nitrogen and oxygen atoms in total. The Morgan fingerprint density at radius 1 is 1.14 bits per heavy atom. The topological polar surface area (TPSA) is 79.9 Å². The molecular formula is C20H22FN3O4. The van der Waals surface area contributed by atoms with Gasteiger partial charge < -0.3 is 25.0 Å². The number of rotatable bonds is 5. The van der Waals surface area contributed by atoms with Gasteiger partial charge in [-0.1, -0.05) is 6.07 Å². The third kappa shape index (κ3) is 4.16. The number of hydrogen-bond acceptors (Lipinski definition) is 4. The summed E-state index contributed by atoms with van der Waals surface area (Å²) in [4.78, 5) is 26.2. The molecule has 3 amide bonds. The Morgan fingerprint density at radius 3 is 2.57 bits per heavy atom. The second-order valence-corrected chi connectivity index (χ2v) is 6.51. The van der Waals surface area contributed by atoms with Gasteiger partial charge in [-0.2, -0.15) is 0 Å². The lowest BCUT2D eigenvalue weighted by Crippen LogP contribution is -2.39. The molecule has 0 unspecified atom stereocenters. The molecular weight excluding hydrogens is 365 g/mol. The number of amides is 3. The average molecular weight is 387 g/mol. The molecule has 0 aliphatic carbocycles. The minimum atomic E-state index is -0.491.